The number of halogens is 6. The lowest BCUT2D eigenvalue weighted by atomic mass is 10.0. The molecule has 2 rings (SSSR count). The first-order valence-electron chi connectivity index (χ1n) is 6.20. The fourth-order valence-electron chi connectivity index (χ4n) is 1.96. The molecule has 0 aromatic heterocycles. The van der Waals surface area contributed by atoms with E-state index in [0.717, 1.165) is 12.1 Å². The second kappa shape index (κ2) is 5.77. The average molecular weight is 354 g/mol. The lowest BCUT2D eigenvalue weighted by Crippen LogP contribution is -2.45. The van der Waals surface area contributed by atoms with Crippen molar-refractivity contribution in [3.8, 4) is 11.5 Å². The smallest absolute Gasteiger partial charge is 0.439 e. The van der Waals surface area contributed by atoms with Gasteiger partial charge in [0, 0.05) is 10.8 Å². The third kappa shape index (κ3) is 3.17. The highest BCUT2D eigenvalue weighted by atomic mass is 19.4. The first-order valence-corrected chi connectivity index (χ1v) is 6.20. The molecule has 0 heterocycles. The van der Waals surface area contributed by atoms with Gasteiger partial charge in [0.25, 0.3) is 6.17 Å². The monoisotopic (exact) mass is 354 g/mol. The molecule has 0 aliphatic heterocycles. The summed E-state index contributed by atoms with van der Waals surface area (Å²) < 4.78 is 80.2. The number of carbonyl (C=O) groups is 1. The maximum atomic E-state index is 13.4. The van der Waals surface area contributed by atoms with Crippen LogP contribution >= 0.6 is 0 Å². The van der Waals surface area contributed by atoms with Gasteiger partial charge in [-0.3, -0.25) is 0 Å². The van der Waals surface area contributed by atoms with Crippen LogP contribution in [0.1, 0.15) is 10.4 Å². The van der Waals surface area contributed by atoms with E-state index in [0.29, 0.717) is 6.07 Å². The Labute approximate surface area is 129 Å². The molecule has 0 bridgehead atoms. The van der Waals surface area contributed by atoms with Crippen LogP contribution in [0.5, 0.6) is 11.5 Å². The van der Waals surface area contributed by atoms with Gasteiger partial charge in [-0.25, -0.2) is 9.18 Å². The summed E-state index contributed by atoms with van der Waals surface area (Å²) in [5, 5.41) is 18.2. The van der Waals surface area contributed by atoms with Gasteiger partial charge >= 0.3 is 18.3 Å². The predicted molar refractivity (Wildman–Crippen MR) is 69.1 cm³/mol. The molecule has 0 saturated carbocycles. The molecule has 130 valence electrons. The minimum atomic E-state index is -5.88. The maximum absolute atomic E-state index is 13.4. The highest BCUT2D eigenvalue weighted by Crippen LogP contribution is 2.41. The molecule has 0 amide bonds. The molecule has 2 aromatic rings. The molecule has 0 radical (unpaired) electrons. The van der Waals surface area contributed by atoms with Crippen molar-refractivity contribution in [3.05, 3.63) is 35.9 Å². The third-order valence-electron chi connectivity index (χ3n) is 3.04. The van der Waals surface area contributed by atoms with E-state index in [1.165, 1.54) is 12.1 Å². The number of carboxylic acids is 1. The number of aromatic hydroxyl groups is 1. The van der Waals surface area contributed by atoms with E-state index < -0.39 is 41.5 Å². The molecule has 0 spiro atoms. The van der Waals surface area contributed by atoms with E-state index in [1.807, 2.05) is 0 Å². The van der Waals surface area contributed by atoms with Gasteiger partial charge in [-0.15, -0.1) is 0 Å². The van der Waals surface area contributed by atoms with Crippen molar-refractivity contribution < 1.29 is 46.1 Å². The van der Waals surface area contributed by atoms with Gasteiger partial charge in [0.1, 0.15) is 17.1 Å². The maximum Gasteiger partial charge on any atom is 0.439 e. The quantitative estimate of drug-likeness (QED) is 0.811. The average Bonchev–Trinajstić information content (AvgIpc) is 2.48. The fourth-order valence-corrected chi connectivity index (χ4v) is 1.96. The van der Waals surface area contributed by atoms with Crippen molar-refractivity contribution in [3.63, 3.8) is 0 Å². The molecule has 0 aliphatic carbocycles. The second-order valence-corrected chi connectivity index (χ2v) is 4.69. The number of alkyl halides is 6. The van der Waals surface area contributed by atoms with Gasteiger partial charge in [0.05, 0.1) is 0 Å². The first-order chi connectivity index (χ1) is 10.9. The van der Waals surface area contributed by atoms with Gasteiger partial charge in [-0.2, -0.15) is 22.0 Å². The van der Waals surface area contributed by atoms with Crippen LogP contribution < -0.4 is 4.74 Å². The molecule has 4 nitrogen and oxygen atoms in total. The highest BCUT2D eigenvalue weighted by Gasteiger charge is 2.59. The van der Waals surface area contributed by atoms with Crippen molar-refractivity contribution in [2.75, 3.05) is 0 Å². The number of rotatable bonds is 4. The summed E-state index contributed by atoms with van der Waals surface area (Å²) in [4.78, 5) is 11.0. The summed E-state index contributed by atoms with van der Waals surface area (Å²) in [6.45, 7) is 0. The van der Waals surface area contributed by atoms with Gasteiger partial charge in [0.2, 0.25) is 0 Å². The first kappa shape index (κ1) is 17.7. The molecule has 24 heavy (non-hydrogen) atoms. The van der Waals surface area contributed by atoms with E-state index in [4.69, 9.17) is 5.11 Å². The lowest BCUT2D eigenvalue weighted by molar-refractivity contribution is -0.304. The normalized spacial score (nSPS) is 13.8. The van der Waals surface area contributed by atoms with Crippen LogP contribution in [-0.4, -0.2) is 34.6 Å². The Morgan fingerprint density at radius 1 is 1.08 bits per heavy atom. The molecule has 0 saturated heterocycles. The van der Waals surface area contributed by atoms with E-state index in [2.05, 4.69) is 4.74 Å². The summed E-state index contributed by atoms with van der Waals surface area (Å²) in [6, 6.07) is 5.23. The van der Waals surface area contributed by atoms with Gasteiger partial charge in [-0.05, 0) is 6.07 Å². The largest absolute Gasteiger partial charge is 0.506 e. The van der Waals surface area contributed by atoms with Gasteiger partial charge < -0.3 is 14.9 Å². The van der Waals surface area contributed by atoms with Crippen molar-refractivity contribution in [1.29, 1.82) is 0 Å². The zero-order valence-corrected chi connectivity index (χ0v) is 11.4. The van der Waals surface area contributed by atoms with Crippen molar-refractivity contribution in [2.45, 2.75) is 18.5 Å². The topological polar surface area (TPSA) is 66.8 Å². The van der Waals surface area contributed by atoms with Crippen molar-refractivity contribution in [1.82, 2.24) is 0 Å². The zero-order chi connectivity index (χ0) is 18.3. The van der Waals surface area contributed by atoms with Crippen molar-refractivity contribution in [2.24, 2.45) is 0 Å². The molecule has 1 unspecified atom stereocenters. The summed E-state index contributed by atoms with van der Waals surface area (Å²) in [5.41, 5.74) is -0.887. The van der Waals surface area contributed by atoms with Crippen LogP contribution in [0.2, 0.25) is 0 Å². The lowest BCUT2D eigenvalue weighted by Gasteiger charge is -2.24. The number of fused-ring (bicyclic) bond motifs is 1. The van der Waals surface area contributed by atoms with Crippen LogP contribution in [0.4, 0.5) is 26.3 Å². The Morgan fingerprint density at radius 3 is 2.12 bits per heavy atom. The number of phenols is 1. The summed E-state index contributed by atoms with van der Waals surface area (Å²) >= 11 is 0. The summed E-state index contributed by atoms with van der Waals surface area (Å²) in [5.74, 6) is -3.54. The van der Waals surface area contributed by atoms with E-state index in [-0.39, 0.29) is 10.8 Å². The molecule has 0 fully saturated rings. The Bertz CT molecular complexity index is 787. The number of aromatic carboxylic acids is 1. The molecular formula is C14H8F6O4. The minimum Gasteiger partial charge on any atom is -0.506 e. The summed E-state index contributed by atoms with van der Waals surface area (Å²) in [7, 11) is 0. The predicted octanol–water partition coefficient (Wildman–Crippen LogP) is 4.12. The minimum absolute atomic E-state index is 0.259. The van der Waals surface area contributed by atoms with Crippen LogP contribution in [0.25, 0.3) is 10.8 Å². The Balaban J connectivity index is 2.60. The third-order valence-corrected chi connectivity index (χ3v) is 3.04. The second-order valence-electron chi connectivity index (χ2n) is 4.69. The summed E-state index contributed by atoms with van der Waals surface area (Å²) in [6.07, 6.45) is -15.8. The Kier molecular flexibility index (Phi) is 4.25. The highest BCUT2D eigenvalue weighted by molar-refractivity contribution is 6.03. The molecule has 0 aliphatic rings. The van der Waals surface area contributed by atoms with E-state index in [1.54, 1.807) is 0 Å². The van der Waals surface area contributed by atoms with E-state index in [9.17, 15) is 36.2 Å². The van der Waals surface area contributed by atoms with Crippen LogP contribution in [-0.2, 0) is 0 Å². The van der Waals surface area contributed by atoms with Crippen LogP contribution in [0.15, 0.2) is 30.3 Å². The molecule has 2 aromatic carbocycles. The van der Waals surface area contributed by atoms with Crippen molar-refractivity contribution >= 4 is 16.7 Å². The van der Waals surface area contributed by atoms with E-state index >= 15 is 0 Å². The molecule has 10 heteroatoms. The number of hydrogen-bond donors (Lipinski definition) is 2. The standard InChI is InChI=1S/C14H8F6O4/c15-12(13(16,17)18)14(19,20)24-9-5-8(11(22)23)10(21)7-4-2-1-3-6(7)9/h1-5,12,21H,(H,22,23). The number of ether oxygens (including phenoxy) is 1. The zero-order valence-electron chi connectivity index (χ0n) is 11.4. The number of carboxylic acid groups (broad SMARTS) is 1. The fraction of sp³-hybridized carbons (Fsp3) is 0.214. The molecule has 2 N–H and O–H groups in total. The molecule has 1 atom stereocenters. The van der Waals surface area contributed by atoms with Gasteiger partial charge in [-0.1, -0.05) is 24.3 Å². The SMILES string of the molecule is O=C(O)c1cc(OC(F)(F)C(F)C(F)(F)F)c2ccccc2c1O. The molecular weight excluding hydrogens is 346 g/mol. The Morgan fingerprint density at radius 2 is 1.62 bits per heavy atom. The van der Waals surface area contributed by atoms with Gasteiger partial charge in [0.15, 0.2) is 0 Å². The number of benzene rings is 2. The van der Waals surface area contributed by atoms with Crippen LogP contribution in [0.3, 0.4) is 0 Å². The Hall–Kier alpha value is -2.65. The van der Waals surface area contributed by atoms with Crippen LogP contribution in [0, 0.1) is 0 Å². The number of hydrogen-bond acceptors (Lipinski definition) is 3.